The minimum atomic E-state index is -0.558. The molecule has 0 amide bonds. The molecule has 1 aromatic rings. The molecular formula is C16H21NO2. The van der Waals surface area contributed by atoms with Crippen molar-refractivity contribution in [3.05, 3.63) is 28.8 Å². The molecule has 0 atom stereocenters. The molecule has 0 aliphatic heterocycles. The summed E-state index contributed by atoms with van der Waals surface area (Å²) in [5, 5.41) is 10.5. The van der Waals surface area contributed by atoms with Crippen LogP contribution in [-0.2, 0) is 10.3 Å². The molecule has 0 heterocycles. The zero-order valence-corrected chi connectivity index (χ0v) is 11.9. The van der Waals surface area contributed by atoms with E-state index in [-0.39, 0.29) is 0 Å². The average Bonchev–Trinajstić information content (AvgIpc) is 2.82. The van der Waals surface area contributed by atoms with Crippen molar-refractivity contribution < 1.29 is 9.90 Å². The molecule has 3 heteroatoms. The number of phenols is 1. The second-order valence-electron chi connectivity index (χ2n) is 5.79. The van der Waals surface area contributed by atoms with Crippen molar-refractivity contribution in [1.82, 2.24) is 0 Å². The van der Waals surface area contributed by atoms with Crippen LogP contribution in [0.5, 0.6) is 5.75 Å². The van der Waals surface area contributed by atoms with Gasteiger partial charge in [0.1, 0.15) is 11.3 Å². The van der Waals surface area contributed by atoms with Crippen molar-refractivity contribution in [3.8, 4) is 5.75 Å². The lowest BCUT2D eigenvalue weighted by atomic mass is 9.80. The minimum absolute atomic E-state index is 0.292. The van der Waals surface area contributed by atoms with Gasteiger partial charge in [0.15, 0.2) is 0 Å². The molecule has 0 radical (unpaired) electrons. The van der Waals surface area contributed by atoms with Crippen LogP contribution in [0.15, 0.2) is 17.1 Å². The maximum absolute atomic E-state index is 10.8. The molecule has 1 aliphatic rings. The lowest BCUT2D eigenvalue weighted by molar-refractivity contribution is 0.401. The molecule has 0 bridgehead atoms. The van der Waals surface area contributed by atoms with Crippen LogP contribution >= 0.6 is 0 Å². The third-order valence-electron chi connectivity index (χ3n) is 4.19. The highest BCUT2D eigenvalue weighted by Gasteiger charge is 2.40. The van der Waals surface area contributed by atoms with Crippen molar-refractivity contribution in [3.63, 3.8) is 0 Å². The van der Waals surface area contributed by atoms with Crippen molar-refractivity contribution in [2.24, 2.45) is 4.99 Å². The Labute approximate surface area is 114 Å². The summed E-state index contributed by atoms with van der Waals surface area (Å²) in [5.41, 5.74) is 2.22. The topological polar surface area (TPSA) is 49.7 Å². The van der Waals surface area contributed by atoms with E-state index >= 15 is 0 Å². The molecule has 0 spiro atoms. The predicted molar refractivity (Wildman–Crippen MR) is 75.2 cm³/mol. The second kappa shape index (κ2) is 5.18. The smallest absolute Gasteiger partial charge is 0.235 e. The summed E-state index contributed by atoms with van der Waals surface area (Å²) in [6, 6.07) is 3.98. The van der Waals surface area contributed by atoms with Gasteiger partial charge in [-0.3, -0.25) is 0 Å². The molecule has 19 heavy (non-hydrogen) atoms. The van der Waals surface area contributed by atoms with Crippen LogP contribution < -0.4 is 0 Å². The molecule has 1 fully saturated rings. The molecule has 1 saturated carbocycles. The molecule has 0 aromatic heterocycles. The van der Waals surface area contributed by atoms with Gasteiger partial charge in [-0.15, -0.1) is 0 Å². The zero-order chi connectivity index (χ0) is 14.0. The number of nitrogens with zero attached hydrogens (tertiary/aromatic N) is 1. The Morgan fingerprint density at radius 1 is 1.32 bits per heavy atom. The summed E-state index contributed by atoms with van der Waals surface area (Å²) in [6.45, 7) is 6.08. The highest BCUT2D eigenvalue weighted by Crippen LogP contribution is 2.49. The van der Waals surface area contributed by atoms with Crippen LogP contribution in [0.2, 0.25) is 0 Å². The largest absolute Gasteiger partial charge is 0.507 e. The monoisotopic (exact) mass is 259 g/mol. The molecule has 1 N–H and O–H groups in total. The first-order valence-electron chi connectivity index (χ1n) is 6.94. The Bertz CT molecular complexity index is 522. The number of rotatable bonds is 3. The van der Waals surface area contributed by atoms with E-state index in [0.29, 0.717) is 11.7 Å². The van der Waals surface area contributed by atoms with E-state index in [1.807, 2.05) is 13.0 Å². The van der Waals surface area contributed by atoms with E-state index in [0.717, 1.165) is 42.4 Å². The van der Waals surface area contributed by atoms with Crippen LogP contribution in [0.25, 0.3) is 0 Å². The van der Waals surface area contributed by atoms with Crippen molar-refractivity contribution in [2.75, 3.05) is 0 Å². The molecule has 0 saturated heterocycles. The van der Waals surface area contributed by atoms with Gasteiger partial charge < -0.3 is 5.11 Å². The number of aliphatic imine (C=N–C) groups is 1. The Balaban J connectivity index is 2.71. The van der Waals surface area contributed by atoms with Crippen LogP contribution in [0.4, 0.5) is 0 Å². The van der Waals surface area contributed by atoms with Gasteiger partial charge in [-0.05, 0) is 36.8 Å². The van der Waals surface area contributed by atoms with Crippen LogP contribution in [0.1, 0.15) is 62.1 Å². The van der Waals surface area contributed by atoms with Gasteiger partial charge >= 0.3 is 0 Å². The third kappa shape index (κ3) is 2.31. The van der Waals surface area contributed by atoms with Gasteiger partial charge in [-0.1, -0.05) is 38.8 Å². The molecule has 102 valence electrons. The highest BCUT2D eigenvalue weighted by atomic mass is 16.3. The SMILES string of the molecule is Cc1ccc(C(C)C)c(C2(N=C=O)CCCC2)c1O. The quantitative estimate of drug-likeness (QED) is 0.660. The Hall–Kier alpha value is -1.60. The van der Waals surface area contributed by atoms with E-state index < -0.39 is 5.54 Å². The van der Waals surface area contributed by atoms with E-state index in [1.165, 1.54) is 0 Å². The fourth-order valence-corrected chi connectivity index (χ4v) is 3.15. The van der Waals surface area contributed by atoms with Gasteiger partial charge in [-0.2, -0.15) is 4.99 Å². The number of hydrogen-bond donors (Lipinski definition) is 1. The molecule has 0 unspecified atom stereocenters. The van der Waals surface area contributed by atoms with Gasteiger partial charge in [0.25, 0.3) is 0 Å². The van der Waals surface area contributed by atoms with Crippen molar-refractivity contribution in [2.45, 2.75) is 57.9 Å². The highest BCUT2D eigenvalue weighted by molar-refractivity contribution is 5.52. The standard InChI is InChI=1S/C16H21NO2/c1-11(2)13-7-6-12(3)15(19)14(13)16(17-10-18)8-4-5-9-16/h6-7,11,19H,4-5,8-9H2,1-3H3. The van der Waals surface area contributed by atoms with Crippen LogP contribution in [0, 0.1) is 6.92 Å². The second-order valence-corrected chi connectivity index (χ2v) is 5.79. The van der Waals surface area contributed by atoms with Gasteiger partial charge in [-0.25, -0.2) is 4.79 Å². The van der Waals surface area contributed by atoms with Crippen LogP contribution in [0.3, 0.4) is 0 Å². The zero-order valence-electron chi connectivity index (χ0n) is 11.9. The summed E-state index contributed by atoms with van der Waals surface area (Å²) in [4.78, 5) is 14.9. The van der Waals surface area contributed by atoms with E-state index in [2.05, 4.69) is 24.9 Å². The van der Waals surface area contributed by atoms with E-state index in [1.54, 1.807) is 6.08 Å². The lowest BCUT2D eigenvalue weighted by Gasteiger charge is -2.28. The summed E-state index contributed by atoms with van der Waals surface area (Å²) in [5.74, 6) is 0.591. The first-order chi connectivity index (χ1) is 9.02. The number of hydrogen-bond acceptors (Lipinski definition) is 3. The van der Waals surface area contributed by atoms with Crippen molar-refractivity contribution in [1.29, 1.82) is 0 Å². The fraction of sp³-hybridized carbons (Fsp3) is 0.562. The van der Waals surface area contributed by atoms with Gasteiger partial charge in [0.05, 0.1) is 0 Å². The van der Waals surface area contributed by atoms with Gasteiger partial charge in [0.2, 0.25) is 6.08 Å². The molecular weight excluding hydrogens is 238 g/mol. The van der Waals surface area contributed by atoms with Gasteiger partial charge in [0, 0.05) is 5.56 Å². The Morgan fingerprint density at radius 2 is 1.95 bits per heavy atom. The molecule has 1 aliphatic carbocycles. The summed E-state index contributed by atoms with van der Waals surface area (Å²) in [6.07, 6.45) is 5.44. The minimum Gasteiger partial charge on any atom is -0.507 e. The summed E-state index contributed by atoms with van der Waals surface area (Å²) in [7, 11) is 0. The number of aromatic hydroxyl groups is 1. The molecule has 1 aromatic carbocycles. The lowest BCUT2D eigenvalue weighted by Crippen LogP contribution is -2.22. The van der Waals surface area contributed by atoms with Crippen LogP contribution in [-0.4, -0.2) is 11.2 Å². The maximum Gasteiger partial charge on any atom is 0.235 e. The molecule has 3 nitrogen and oxygen atoms in total. The summed E-state index contributed by atoms with van der Waals surface area (Å²) >= 11 is 0. The Kier molecular flexibility index (Phi) is 3.77. The maximum atomic E-state index is 10.8. The molecule has 2 rings (SSSR count). The first-order valence-corrected chi connectivity index (χ1v) is 6.94. The average molecular weight is 259 g/mol. The summed E-state index contributed by atoms with van der Waals surface area (Å²) < 4.78 is 0. The fourth-order valence-electron chi connectivity index (χ4n) is 3.15. The van der Waals surface area contributed by atoms with Crippen molar-refractivity contribution >= 4 is 6.08 Å². The normalized spacial score (nSPS) is 17.5. The third-order valence-corrected chi connectivity index (χ3v) is 4.19. The number of phenolic OH excluding ortho intramolecular Hbond substituents is 1. The number of carbonyl (C=O) groups excluding carboxylic acids is 1. The van der Waals surface area contributed by atoms with E-state index in [9.17, 15) is 9.90 Å². The first kappa shape index (κ1) is 13.8. The number of isocyanates is 1. The predicted octanol–water partition coefficient (Wildman–Crippen LogP) is 3.93. The van der Waals surface area contributed by atoms with E-state index in [4.69, 9.17) is 0 Å². The number of benzene rings is 1. The number of aryl methyl sites for hydroxylation is 1. The Morgan fingerprint density at radius 3 is 2.47 bits per heavy atom.